The van der Waals surface area contributed by atoms with E-state index in [9.17, 15) is 48.8 Å². The number of carbonyl (C=O) groups excluding carboxylic acids is 4. The number of aliphatic carboxylic acids is 3. The van der Waals surface area contributed by atoms with Gasteiger partial charge >= 0.3 is 17.9 Å². The van der Waals surface area contributed by atoms with E-state index in [-0.39, 0.29) is 42.9 Å². The van der Waals surface area contributed by atoms with Crippen molar-refractivity contribution in [2.75, 3.05) is 0 Å². The Balaban J connectivity index is 3.32. The van der Waals surface area contributed by atoms with E-state index in [0.29, 0.717) is 0 Å². The Kier molecular flexibility index (Phi) is 15.9. The molecule has 5 atom stereocenters. The van der Waals surface area contributed by atoms with E-state index < -0.39 is 89.0 Å². The molecule has 260 valence electrons. The number of amides is 4. The molecule has 18 heteroatoms. The van der Waals surface area contributed by atoms with Crippen LogP contribution in [0.1, 0.15) is 58.9 Å². The van der Waals surface area contributed by atoms with Gasteiger partial charge in [-0.3, -0.25) is 38.9 Å². The third-order valence-electron chi connectivity index (χ3n) is 6.78. The first-order valence-corrected chi connectivity index (χ1v) is 14.7. The molecule has 0 aromatic heterocycles. The highest BCUT2D eigenvalue weighted by Gasteiger charge is 2.34. The van der Waals surface area contributed by atoms with Crippen molar-refractivity contribution in [1.82, 2.24) is 21.3 Å². The van der Waals surface area contributed by atoms with Gasteiger partial charge in [-0.2, -0.15) is 0 Å². The van der Waals surface area contributed by atoms with E-state index in [0.717, 1.165) is 6.07 Å². The maximum absolute atomic E-state index is 13.6. The molecule has 4 amide bonds. The van der Waals surface area contributed by atoms with Crippen molar-refractivity contribution in [3.8, 4) is 0 Å². The number of carbonyl (C=O) groups is 7. The van der Waals surface area contributed by atoms with Gasteiger partial charge < -0.3 is 42.3 Å². The summed E-state index contributed by atoms with van der Waals surface area (Å²) in [6.45, 7) is 6.71. The van der Waals surface area contributed by atoms with Gasteiger partial charge in [0.15, 0.2) is 0 Å². The summed E-state index contributed by atoms with van der Waals surface area (Å²) in [5.74, 6) is -8.61. The molecule has 47 heavy (non-hydrogen) atoms. The number of nitro groups is 1. The second-order valence-corrected chi connectivity index (χ2v) is 11.6. The molecule has 0 radical (unpaired) electrons. The van der Waals surface area contributed by atoms with E-state index in [1.54, 1.807) is 27.7 Å². The zero-order chi connectivity index (χ0) is 36.0. The van der Waals surface area contributed by atoms with Crippen LogP contribution in [-0.4, -0.2) is 92.0 Å². The van der Waals surface area contributed by atoms with Crippen molar-refractivity contribution >= 4 is 47.2 Å². The lowest BCUT2D eigenvalue weighted by Gasteiger charge is -2.28. The highest BCUT2D eigenvalue weighted by atomic mass is 16.6. The van der Waals surface area contributed by atoms with Gasteiger partial charge in [-0.25, -0.2) is 4.79 Å². The van der Waals surface area contributed by atoms with Crippen molar-refractivity contribution in [1.29, 1.82) is 0 Å². The fourth-order valence-corrected chi connectivity index (χ4v) is 4.33. The molecule has 1 rings (SSSR count). The number of nitro benzene ring substituents is 1. The maximum atomic E-state index is 13.6. The van der Waals surface area contributed by atoms with Crippen LogP contribution in [-0.2, 0) is 40.0 Å². The summed E-state index contributed by atoms with van der Waals surface area (Å²) >= 11 is 0. The fourth-order valence-electron chi connectivity index (χ4n) is 4.33. The number of hydrogen-bond donors (Lipinski definition) is 8. The van der Waals surface area contributed by atoms with Crippen molar-refractivity contribution in [3.63, 3.8) is 0 Å². The molecular formula is C29H42N6O12. The Morgan fingerprint density at radius 2 is 1.38 bits per heavy atom. The molecule has 0 saturated heterocycles. The second-order valence-electron chi connectivity index (χ2n) is 11.6. The van der Waals surface area contributed by atoms with Crippen LogP contribution in [0.2, 0.25) is 0 Å². The van der Waals surface area contributed by atoms with E-state index in [4.69, 9.17) is 15.9 Å². The number of rotatable bonds is 20. The Bertz CT molecular complexity index is 1330. The smallest absolute Gasteiger partial charge is 0.326 e. The molecular weight excluding hydrogens is 624 g/mol. The van der Waals surface area contributed by atoms with E-state index in [1.165, 1.54) is 18.2 Å². The van der Waals surface area contributed by atoms with Gasteiger partial charge in [0.1, 0.15) is 24.2 Å². The molecule has 18 nitrogen and oxygen atoms in total. The first kappa shape index (κ1) is 39.9. The van der Waals surface area contributed by atoms with Crippen LogP contribution in [0.3, 0.4) is 0 Å². The monoisotopic (exact) mass is 666 g/mol. The number of benzene rings is 1. The van der Waals surface area contributed by atoms with Crippen molar-refractivity contribution < 1.29 is 53.8 Å². The summed E-state index contributed by atoms with van der Waals surface area (Å²) < 4.78 is 0. The van der Waals surface area contributed by atoms with E-state index in [2.05, 4.69) is 21.3 Å². The Morgan fingerprint density at radius 1 is 0.809 bits per heavy atom. The zero-order valence-corrected chi connectivity index (χ0v) is 26.4. The van der Waals surface area contributed by atoms with Gasteiger partial charge in [-0.1, -0.05) is 39.8 Å². The summed E-state index contributed by atoms with van der Waals surface area (Å²) in [4.78, 5) is 96.9. The van der Waals surface area contributed by atoms with Crippen LogP contribution in [0.15, 0.2) is 24.3 Å². The topological polar surface area (TPSA) is 297 Å². The van der Waals surface area contributed by atoms with E-state index in [1.807, 2.05) is 0 Å². The number of carboxylic acids is 3. The number of carboxylic acid groups (broad SMARTS) is 3. The standard InChI is InChI=1S/C29H42N6O12/c1-14(2)10-19(32-28(43)24(15(3)4)34-25(40)18(30)8-9-22(36)37)26(41)31-20(12-16-6-5-7-17(11-16)35(46)47)27(42)33-21(29(44)45)13-23(38)39/h5-7,11,14-15,18-21,24H,8-10,12-13,30H2,1-4H3,(H,31,41)(H,32,43)(H,33,42)(H,34,40)(H,36,37)(H,38,39)(H,44,45)/t18-,19-,20-,21-,24-/m0/s1. The van der Waals surface area contributed by atoms with Crippen LogP contribution in [0.4, 0.5) is 5.69 Å². The average Bonchev–Trinajstić information content (AvgIpc) is 2.96. The third kappa shape index (κ3) is 14.2. The molecule has 0 spiro atoms. The third-order valence-corrected chi connectivity index (χ3v) is 6.78. The number of nitrogens with one attached hydrogen (secondary N) is 4. The summed E-state index contributed by atoms with van der Waals surface area (Å²) in [6, 6.07) is -2.05. The SMILES string of the molecule is CC(C)C[C@H](NC(=O)[C@@H](NC(=O)[C@@H](N)CCC(=O)O)C(C)C)C(=O)N[C@@H](Cc1cccc([N+](=O)[O-])c1)C(=O)N[C@@H](CC(=O)O)C(=O)O. The number of nitrogens with two attached hydrogens (primary N) is 1. The molecule has 1 aromatic rings. The van der Waals surface area contributed by atoms with Crippen LogP contribution in [0, 0.1) is 22.0 Å². The molecule has 0 aliphatic carbocycles. The van der Waals surface area contributed by atoms with Crippen LogP contribution in [0.25, 0.3) is 0 Å². The number of hydrogen-bond acceptors (Lipinski definition) is 10. The van der Waals surface area contributed by atoms with Crippen LogP contribution < -0.4 is 27.0 Å². The Morgan fingerprint density at radius 3 is 1.89 bits per heavy atom. The highest BCUT2D eigenvalue weighted by molar-refractivity contribution is 5.96. The molecule has 1 aromatic carbocycles. The molecule has 0 aliphatic heterocycles. The predicted octanol–water partition coefficient (Wildman–Crippen LogP) is -0.470. The lowest BCUT2D eigenvalue weighted by Crippen LogP contribution is -2.60. The minimum atomic E-state index is -1.87. The van der Waals surface area contributed by atoms with Crippen LogP contribution >= 0.6 is 0 Å². The van der Waals surface area contributed by atoms with Gasteiger partial charge in [0.2, 0.25) is 23.6 Å². The van der Waals surface area contributed by atoms with Gasteiger partial charge in [0.25, 0.3) is 5.69 Å². The van der Waals surface area contributed by atoms with Gasteiger partial charge in [0.05, 0.1) is 17.4 Å². The van der Waals surface area contributed by atoms with Crippen molar-refractivity contribution in [2.45, 2.75) is 90.0 Å². The molecule has 0 unspecified atom stereocenters. The average molecular weight is 667 g/mol. The zero-order valence-electron chi connectivity index (χ0n) is 26.4. The number of nitrogens with zero attached hydrogens (tertiary/aromatic N) is 1. The first-order valence-electron chi connectivity index (χ1n) is 14.7. The lowest BCUT2D eigenvalue weighted by atomic mass is 9.98. The minimum absolute atomic E-state index is 0.0381. The van der Waals surface area contributed by atoms with Gasteiger partial charge in [-0.05, 0) is 30.2 Å². The molecule has 0 heterocycles. The molecule has 0 saturated carbocycles. The molecule has 0 fully saturated rings. The van der Waals surface area contributed by atoms with Crippen LogP contribution in [0.5, 0.6) is 0 Å². The second kappa shape index (κ2) is 18.7. The van der Waals surface area contributed by atoms with Crippen molar-refractivity contribution in [3.05, 3.63) is 39.9 Å². The summed E-state index contributed by atoms with van der Waals surface area (Å²) in [7, 11) is 0. The van der Waals surface area contributed by atoms with Gasteiger partial charge in [-0.15, -0.1) is 0 Å². The molecule has 0 bridgehead atoms. The molecule has 9 N–H and O–H groups in total. The largest absolute Gasteiger partial charge is 0.481 e. The summed E-state index contributed by atoms with van der Waals surface area (Å²) in [5.41, 5.74) is 5.65. The lowest BCUT2D eigenvalue weighted by molar-refractivity contribution is -0.384. The Labute approximate surface area is 270 Å². The first-order chi connectivity index (χ1) is 21.8. The maximum Gasteiger partial charge on any atom is 0.326 e. The fraction of sp³-hybridized carbons (Fsp3) is 0.552. The predicted molar refractivity (Wildman–Crippen MR) is 164 cm³/mol. The summed E-state index contributed by atoms with van der Waals surface area (Å²) in [5, 5.41) is 48.1. The quantitative estimate of drug-likeness (QED) is 0.0646. The number of non-ortho nitro benzene ring substituents is 1. The van der Waals surface area contributed by atoms with Crippen molar-refractivity contribution in [2.24, 2.45) is 17.6 Å². The summed E-state index contributed by atoms with van der Waals surface area (Å²) in [6.07, 6.45) is -1.88. The molecule has 0 aliphatic rings. The van der Waals surface area contributed by atoms with E-state index >= 15 is 0 Å². The normalized spacial score (nSPS) is 14.2. The minimum Gasteiger partial charge on any atom is -0.481 e. The Hall–Kier alpha value is -5.13. The van der Waals surface area contributed by atoms with Gasteiger partial charge in [0, 0.05) is 25.0 Å². The highest BCUT2D eigenvalue weighted by Crippen LogP contribution is 2.16.